The Morgan fingerprint density at radius 3 is 2.64 bits per heavy atom. The molecule has 9 heteroatoms. The lowest BCUT2D eigenvalue weighted by Crippen LogP contribution is -2.29. The highest BCUT2D eigenvalue weighted by atomic mass is 16.5. The quantitative estimate of drug-likeness (QED) is 0.571. The van der Waals surface area contributed by atoms with Crippen LogP contribution in [0.2, 0.25) is 0 Å². The third-order valence-electron chi connectivity index (χ3n) is 5.45. The van der Waals surface area contributed by atoms with Gasteiger partial charge in [0.1, 0.15) is 6.33 Å². The van der Waals surface area contributed by atoms with Gasteiger partial charge in [-0.3, -0.25) is 14.9 Å². The van der Waals surface area contributed by atoms with Crippen LogP contribution in [0.4, 0.5) is 11.6 Å². The number of benzene rings is 2. The van der Waals surface area contributed by atoms with E-state index in [-0.39, 0.29) is 30.9 Å². The standard InChI is InChI=1S/C24H27N5O4/c1-5-32-20-10-17(18-11-21(30)28-24-25-13-26-29(18)24)6-7-19(20)33-12-22(31)27-23-15(3)8-14(2)9-16(23)4/h6-10,13,18H,5,11-12H2,1-4H3,(H,27,31)(H,25,26,28,30)/t18-/m1/s1. The fourth-order valence-corrected chi connectivity index (χ4v) is 4.08. The lowest BCUT2D eigenvalue weighted by Gasteiger charge is -2.24. The van der Waals surface area contributed by atoms with Gasteiger partial charge in [0.15, 0.2) is 18.1 Å². The van der Waals surface area contributed by atoms with E-state index in [0.717, 1.165) is 27.9 Å². The van der Waals surface area contributed by atoms with Crippen molar-refractivity contribution in [3.05, 3.63) is 58.9 Å². The molecule has 0 saturated carbocycles. The molecule has 1 aromatic heterocycles. The summed E-state index contributed by atoms with van der Waals surface area (Å²) in [5, 5.41) is 9.87. The first kappa shape index (κ1) is 22.3. The van der Waals surface area contributed by atoms with Gasteiger partial charge in [-0.1, -0.05) is 23.8 Å². The maximum Gasteiger partial charge on any atom is 0.262 e. The lowest BCUT2D eigenvalue weighted by atomic mass is 10.0. The molecule has 0 aliphatic carbocycles. The van der Waals surface area contributed by atoms with Crippen LogP contribution in [-0.4, -0.2) is 39.8 Å². The van der Waals surface area contributed by atoms with Crippen molar-refractivity contribution in [3.63, 3.8) is 0 Å². The van der Waals surface area contributed by atoms with Gasteiger partial charge >= 0.3 is 0 Å². The van der Waals surface area contributed by atoms with Crippen molar-refractivity contribution in [3.8, 4) is 11.5 Å². The van der Waals surface area contributed by atoms with Gasteiger partial charge in [-0.2, -0.15) is 10.1 Å². The molecule has 2 aromatic carbocycles. The van der Waals surface area contributed by atoms with Crippen LogP contribution in [-0.2, 0) is 9.59 Å². The summed E-state index contributed by atoms with van der Waals surface area (Å²) in [6.07, 6.45) is 1.64. The number of anilines is 2. The van der Waals surface area contributed by atoms with Crippen molar-refractivity contribution < 1.29 is 19.1 Å². The average molecular weight is 450 g/mol. The van der Waals surface area contributed by atoms with Crippen LogP contribution in [0.5, 0.6) is 11.5 Å². The molecular formula is C24H27N5O4. The maximum absolute atomic E-state index is 12.6. The number of hydrogen-bond acceptors (Lipinski definition) is 6. The van der Waals surface area contributed by atoms with E-state index in [1.165, 1.54) is 6.33 Å². The molecule has 0 unspecified atom stereocenters. The third-order valence-corrected chi connectivity index (χ3v) is 5.45. The largest absolute Gasteiger partial charge is 0.490 e. The van der Waals surface area contributed by atoms with Crippen LogP contribution in [0.3, 0.4) is 0 Å². The minimum absolute atomic E-state index is 0.128. The van der Waals surface area contributed by atoms with E-state index in [9.17, 15) is 9.59 Å². The zero-order chi connectivity index (χ0) is 23.5. The van der Waals surface area contributed by atoms with E-state index in [4.69, 9.17) is 9.47 Å². The first-order chi connectivity index (χ1) is 15.9. The maximum atomic E-state index is 12.6. The molecule has 0 radical (unpaired) electrons. The van der Waals surface area contributed by atoms with Gasteiger partial charge in [-0.15, -0.1) is 0 Å². The second-order valence-corrected chi connectivity index (χ2v) is 8.05. The zero-order valence-corrected chi connectivity index (χ0v) is 19.1. The van der Waals surface area contributed by atoms with Crippen LogP contribution in [0.25, 0.3) is 0 Å². The SMILES string of the molecule is CCOc1cc([C@H]2CC(=O)Nc3ncnn32)ccc1OCC(=O)Nc1c(C)cc(C)cc1C. The van der Waals surface area contributed by atoms with Crippen molar-refractivity contribution in [1.29, 1.82) is 0 Å². The highest BCUT2D eigenvalue weighted by Crippen LogP contribution is 2.35. The van der Waals surface area contributed by atoms with Crippen molar-refractivity contribution in [2.75, 3.05) is 23.8 Å². The molecule has 2 amide bonds. The van der Waals surface area contributed by atoms with Gasteiger partial charge in [0, 0.05) is 5.69 Å². The molecule has 33 heavy (non-hydrogen) atoms. The van der Waals surface area contributed by atoms with E-state index in [0.29, 0.717) is 24.1 Å². The van der Waals surface area contributed by atoms with Crippen LogP contribution in [0, 0.1) is 20.8 Å². The lowest BCUT2D eigenvalue weighted by molar-refractivity contribution is -0.118. The van der Waals surface area contributed by atoms with Gasteiger partial charge < -0.3 is 14.8 Å². The van der Waals surface area contributed by atoms with E-state index in [1.54, 1.807) is 10.7 Å². The van der Waals surface area contributed by atoms with Gasteiger partial charge in [0.25, 0.3) is 5.91 Å². The summed E-state index contributed by atoms with van der Waals surface area (Å²) in [5.74, 6) is 0.975. The first-order valence-corrected chi connectivity index (χ1v) is 10.8. The molecule has 172 valence electrons. The van der Waals surface area contributed by atoms with Crippen molar-refractivity contribution in [2.24, 2.45) is 0 Å². The second kappa shape index (κ2) is 9.32. The predicted molar refractivity (Wildman–Crippen MR) is 124 cm³/mol. The number of fused-ring (bicyclic) bond motifs is 1. The summed E-state index contributed by atoms with van der Waals surface area (Å²) in [6.45, 7) is 8.09. The third kappa shape index (κ3) is 4.82. The minimum Gasteiger partial charge on any atom is -0.490 e. The van der Waals surface area contributed by atoms with Crippen molar-refractivity contribution in [2.45, 2.75) is 40.2 Å². The molecule has 1 aliphatic rings. The van der Waals surface area contributed by atoms with E-state index in [1.807, 2.05) is 52.0 Å². The van der Waals surface area contributed by atoms with E-state index in [2.05, 4.69) is 20.7 Å². The highest BCUT2D eigenvalue weighted by molar-refractivity contribution is 5.93. The number of nitrogens with one attached hydrogen (secondary N) is 2. The average Bonchev–Trinajstić information content (AvgIpc) is 3.23. The minimum atomic E-state index is -0.305. The molecule has 9 nitrogen and oxygen atoms in total. The number of amides is 2. The first-order valence-electron chi connectivity index (χ1n) is 10.8. The molecular weight excluding hydrogens is 422 g/mol. The number of rotatable bonds is 7. The summed E-state index contributed by atoms with van der Waals surface area (Å²) in [4.78, 5) is 28.7. The number of nitrogens with zero attached hydrogens (tertiary/aromatic N) is 3. The van der Waals surface area contributed by atoms with Crippen LogP contribution >= 0.6 is 0 Å². The van der Waals surface area contributed by atoms with E-state index >= 15 is 0 Å². The Hall–Kier alpha value is -3.88. The Balaban J connectivity index is 1.50. The van der Waals surface area contributed by atoms with Gasteiger partial charge in [-0.25, -0.2) is 4.68 Å². The number of aryl methyl sites for hydroxylation is 3. The number of ether oxygens (including phenoxy) is 2. The van der Waals surface area contributed by atoms with Crippen molar-refractivity contribution >= 4 is 23.5 Å². The molecule has 0 spiro atoms. The summed E-state index contributed by atoms with van der Waals surface area (Å²) >= 11 is 0. The Bertz CT molecular complexity index is 1180. The number of carbonyl (C=O) groups is 2. The molecule has 3 aromatic rings. The van der Waals surface area contributed by atoms with Crippen LogP contribution < -0.4 is 20.1 Å². The number of carbonyl (C=O) groups excluding carboxylic acids is 2. The number of hydrogen-bond donors (Lipinski definition) is 2. The fourth-order valence-electron chi connectivity index (χ4n) is 4.08. The van der Waals surface area contributed by atoms with Gasteiger partial charge in [0.05, 0.1) is 19.1 Å². The summed E-state index contributed by atoms with van der Waals surface area (Å²) in [5.41, 5.74) is 4.79. The molecule has 0 saturated heterocycles. The van der Waals surface area contributed by atoms with Gasteiger partial charge in [-0.05, 0) is 56.5 Å². The molecule has 0 bridgehead atoms. The Morgan fingerprint density at radius 2 is 1.91 bits per heavy atom. The molecule has 1 aliphatic heterocycles. The fraction of sp³-hybridized carbons (Fsp3) is 0.333. The summed E-state index contributed by atoms with van der Waals surface area (Å²) < 4.78 is 13.2. The molecule has 2 heterocycles. The van der Waals surface area contributed by atoms with Crippen LogP contribution in [0.1, 0.15) is 41.6 Å². The van der Waals surface area contributed by atoms with E-state index < -0.39 is 0 Å². The smallest absolute Gasteiger partial charge is 0.262 e. The monoisotopic (exact) mass is 449 g/mol. The zero-order valence-electron chi connectivity index (χ0n) is 19.1. The van der Waals surface area contributed by atoms with Crippen LogP contribution in [0.15, 0.2) is 36.7 Å². The molecule has 2 N–H and O–H groups in total. The summed E-state index contributed by atoms with van der Waals surface area (Å²) in [6, 6.07) is 9.17. The Labute approximate surface area is 192 Å². The normalized spacial score (nSPS) is 14.9. The predicted octanol–water partition coefficient (Wildman–Crippen LogP) is 3.55. The highest BCUT2D eigenvalue weighted by Gasteiger charge is 2.28. The molecule has 4 rings (SSSR count). The Kier molecular flexibility index (Phi) is 6.30. The second-order valence-electron chi connectivity index (χ2n) is 8.05. The summed E-state index contributed by atoms with van der Waals surface area (Å²) in [7, 11) is 0. The van der Waals surface area contributed by atoms with Crippen molar-refractivity contribution in [1.82, 2.24) is 14.8 Å². The topological polar surface area (TPSA) is 107 Å². The molecule has 1 atom stereocenters. The van der Waals surface area contributed by atoms with Gasteiger partial charge in [0.2, 0.25) is 11.9 Å². The molecule has 0 fully saturated rings. The Morgan fingerprint density at radius 1 is 1.15 bits per heavy atom. The number of aromatic nitrogens is 3.